The lowest BCUT2D eigenvalue weighted by molar-refractivity contribution is -0.135. The molecule has 1 aliphatic heterocycles. The number of nitrogens with zero attached hydrogens (tertiary/aromatic N) is 2. The highest BCUT2D eigenvalue weighted by atomic mass is 32.1. The summed E-state index contributed by atoms with van der Waals surface area (Å²) in [6, 6.07) is 19.1. The molecule has 1 aliphatic rings. The zero-order valence-electron chi connectivity index (χ0n) is 19.2. The fourth-order valence-electron chi connectivity index (χ4n) is 4.22. The number of rotatable bonds is 8. The van der Waals surface area contributed by atoms with Gasteiger partial charge in [-0.25, -0.2) is 0 Å². The second-order valence-electron chi connectivity index (χ2n) is 8.37. The molecular formula is C27H30N2O3S. The molecule has 2 aromatic carbocycles. The Morgan fingerprint density at radius 3 is 2.58 bits per heavy atom. The maximum absolute atomic E-state index is 13.5. The van der Waals surface area contributed by atoms with Crippen molar-refractivity contribution in [3.8, 4) is 5.75 Å². The second-order valence-corrected chi connectivity index (χ2v) is 9.37. The van der Waals surface area contributed by atoms with Crippen molar-refractivity contribution in [1.82, 2.24) is 9.80 Å². The minimum Gasteiger partial charge on any atom is -0.491 e. The smallest absolute Gasteiger partial charge is 0.254 e. The monoisotopic (exact) mass is 462 g/mol. The Balaban J connectivity index is 1.51. The van der Waals surface area contributed by atoms with Gasteiger partial charge in [-0.1, -0.05) is 42.8 Å². The molecule has 4 rings (SSSR count). The number of hydrogen-bond acceptors (Lipinski definition) is 4. The van der Waals surface area contributed by atoms with Gasteiger partial charge in [0.2, 0.25) is 5.91 Å². The van der Waals surface area contributed by atoms with Crippen LogP contribution in [0.3, 0.4) is 0 Å². The van der Waals surface area contributed by atoms with Crippen LogP contribution in [0, 0.1) is 6.92 Å². The quantitative estimate of drug-likeness (QED) is 0.467. The van der Waals surface area contributed by atoms with Crippen molar-refractivity contribution in [1.29, 1.82) is 0 Å². The van der Waals surface area contributed by atoms with E-state index < -0.39 is 0 Å². The lowest BCUT2D eigenvalue weighted by atomic mass is 10.0. The van der Waals surface area contributed by atoms with Crippen LogP contribution in [0.5, 0.6) is 5.75 Å². The number of aryl methyl sites for hydroxylation is 1. The first-order valence-electron chi connectivity index (χ1n) is 11.5. The molecule has 0 radical (unpaired) electrons. The number of benzene rings is 2. The Bertz CT molecular complexity index is 1080. The van der Waals surface area contributed by atoms with E-state index in [1.807, 2.05) is 73.3 Å². The van der Waals surface area contributed by atoms with Crippen LogP contribution in [0.1, 0.15) is 45.7 Å². The van der Waals surface area contributed by atoms with E-state index in [1.54, 1.807) is 16.2 Å². The zero-order chi connectivity index (χ0) is 23.2. The summed E-state index contributed by atoms with van der Waals surface area (Å²) in [5.74, 6) is 0.646. The van der Waals surface area contributed by atoms with Crippen LogP contribution in [0.4, 0.5) is 0 Å². The van der Waals surface area contributed by atoms with Gasteiger partial charge in [0.15, 0.2) is 0 Å². The van der Waals surface area contributed by atoms with Crippen LogP contribution in [-0.2, 0) is 11.2 Å². The van der Waals surface area contributed by atoms with E-state index >= 15 is 0 Å². The van der Waals surface area contributed by atoms with Crippen molar-refractivity contribution in [2.24, 2.45) is 0 Å². The zero-order valence-corrected chi connectivity index (χ0v) is 20.0. The fourth-order valence-corrected chi connectivity index (χ4v) is 5.15. The largest absolute Gasteiger partial charge is 0.491 e. The summed E-state index contributed by atoms with van der Waals surface area (Å²) < 4.78 is 6.06. The molecule has 0 saturated carbocycles. The van der Waals surface area contributed by atoms with E-state index in [0.717, 1.165) is 29.7 Å². The topological polar surface area (TPSA) is 49.9 Å². The highest BCUT2D eigenvalue weighted by Gasteiger charge is 2.33. The molecule has 172 valence electrons. The molecule has 6 heteroatoms. The normalized spacial score (nSPS) is 15.1. The van der Waals surface area contributed by atoms with Gasteiger partial charge in [-0.15, -0.1) is 11.3 Å². The molecule has 1 atom stereocenters. The van der Waals surface area contributed by atoms with Crippen LogP contribution >= 0.6 is 11.3 Å². The van der Waals surface area contributed by atoms with E-state index in [1.165, 1.54) is 4.88 Å². The van der Waals surface area contributed by atoms with Crippen LogP contribution in [0.25, 0.3) is 0 Å². The second kappa shape index (κ2) is 10.7. The maximum atomic E-state index is 13.5. The summed E-state index contributed by atoms with van der Waals surface area (Å²) in [5, 5.41) is 2.08. The molecule has 0 bridgehead atoms. The number of ether oxygens (including phenoxy) is 1. The van der Waals surface area contributed by atoms with E-state index in [-0.39, 0.29) is 24.4 Å². The highest BCUT2D eigenvalue weighted by molar-refractivity contribution is 7.10. The van der Waals surface area contributed by atoms with Crippen molar-refractivity contribution in [3.63, 3.8) is 0 Å². The van der Waals surface area contributed by atoms with Gasteiger partial charge in [0, 0.05) is 23.5 Å². The van der Waals surface area contributed by atoms with Gasteiger partial charge in [-0.05, 0) is 61.0 Å². The van der Waals surface area contributed by atoms with Gasteiger partial charge in [0.05, 0.1) is 6.04 Å². The molecule has 5 nitrogen and oxygen atoms in total. The van der Waals surface area contributed by atoms with E-state index in [2.05, 4.69) is 11.4 Å². The van der Waals surface area contributed by atoms with E-state index in [9.17, 15) is 9.59 Å². The SMILES string of the molecule is CCCN(CC(=O)N1CCc2sccc2[C@@H]1COc1ccccc1)C(=O)c1ccc(C)cc1. The standard InChI is InChI=1S/C27H30N2O3S/c1-3-15-28(27(31)21-11-9-20(2)10-12-21)18-26(30)29-16-13-25-23(14-17-33-25)24(29)19-32-22-7-5-4-6-8-22/h4-12,14,17,24H,3,13,15-16,18-19H2,1-2H3/t24-/m0/s1. The van der Waals surface area contributed by atoms with Crippen LogP contribution < -0.4 is 4.74 Å². The van der Waals surface area contributed by atoms with E-state index in [4.69, 9.17) is 4.74 Å². The molecule has 0 aliphatic carbocycles. The van der Waals surface area contributed by atoms with Crippen molar-refractivity contribution in [2.45, 2.75) is 32.7 Å². The first kappa shape index (κ1) is 23.1. The fraction of sp³-hybridized carbons (Fsp3) is 0.333. The third-order valence-electron chi connectivity index (χ3n) is 5.97. The highest BCUT2D eigenvalue weighted by Crippen LogP contribution is 2.34. The summed E-state index contributed by atoms with van der Waals surface area (Å²) in [5.41, 5.74) is 2.87. The van der Waals surface area contributed by atoms with Gasteiger partial charge >= 0.3 is 0 Å². The molecule has 33 heavy (non-hydrogen) atoms. The molecule has 0 unspecified atom stereocenters. The molecule has 0 N–H and O–H groups in total. The van der Waals surface area contributed by atoms with Crippen LogP contribution in [0.2, 0.25) is 0 Å². The number of carbonyl (C=O) groups is 2. The van der Waals surface area contributed by atoms with Gasteiger partial charge in [-0.2, -0.15) is 0 Å². The van der Waals surface area contributed by atoms with Crippen molar-refractivity contribution in [3.05, 3.63) is 87.6 Å². The summed E-state index contributed by atoms with van der Waals surface area (Å²) >= 11 is 1.73. The molecule has 0 spiro atoms. The number of thiophene rings is 1. The average molecular weight is 463 g/mol. The van der Waals surface area contributed by atoms with Crippen LogP contribution in [-0.4, -0.2) is 47.9 Å². The summed E-state index contributed by atoms with van der Waals surface area (Å²) in [6.07, 6.45) is 1.63. The Labute approximate surface area is 199 Å². The number of amides is 2. The molecule has 3 aromatic rings. The van der Waals surface area contributed by atoms with E-state index in [0.29, 0.717) is 25.3 Å². The van der Waals surface area contributed by atoms with Crippen LogP contribution in [0.15, 0.2) is 66.0 Å². The summed E-state index contributed by atoms with van der Waals surface area (Å²) in [4.78, 5) is 31.5. The van der Waals surface area contributed by atoms with Crippen molar-refractivity contribution < 1.29 is 14.3 Å². The third kappa shape index (κ3) is 5.45. The molecule has 0 fully saturated rings. The maximum Gasteiger partial charge on any atom is 0.254 e. The number of fused-ring (bicyclic) bond motifs is 1. The molecule has 2 amide bonds. The minimum absolute atomic E-state index is 0.0394. The number of para-hydroxylation sites is 1. The summed E-state index contributed by atoms with van der Waals surface area (Å²) in [7, 11) is 0. The average Bonchev–Trinajstić information content (AvgIpc) is 3.32. The predicted molar refractivity (Wildman–Crippen MR) is 132 cm³/mol. The van der Waals surface area contributed by atoms with Gasteiger partial charge < -0.3 is 14.5 Å². The van der Waals surface area contributed by atoms with Gasteiger partial charge in [-0.3, -0.25) is 9.59 Å². The Morgan fingerprint density at radius 1 is 1.09 bits per heavy atom. The molecule has 1 aromatic heterocycles. The molecule has 0 saturated heterocycles. The first-order valence-corrected chi connectivity index (χ1v) is 12.3. The lowest BCUT2D eigenvalue weighted by Gasteiger charge is -2.37. The van der Waals surface area contributed by atoms with Gasteiger partial charge in [0.25, 0.3) is 5.91 Å². The molecule has 2 heterocycles. The minimum atomic E-state index is -0.161. The predicted octanol–water partition coefficient (Wildman–Crippen LogP) is 5.11. The number of hydrogen-bond donors (Lipinski definition) is 0. The first-order chi connectivity index (χ1) is 16.1. The number of carbonyl (C=O) groups excluding carboxylic acids is 2. The van der Waals surface area contributed by atoms with Gasteiger partial charge in [0.1, 0.15) is 18.9 Å². The van der Waals surface area contributed by atoms with Crippen molar-refractivity contribution in [2.75, 3.05) is 26.2 Å². The van der Waals surface area contributed by atoms with Crippen molar-refractivity contribution >= 4 is 23.2 Å². The Hall–Kier alpha value is -3.12. The Kier molecular flexibility index (Phi) is 7.45. The third-order valence-corrected chi connectivity index (χ3v) is 6.97. The summed E-state index contributed by atoms with van der Waals surface area (Å²) in [6.45, 7) is 5.65. The molecular weight excluding hydrogens is 432 g/mol. The Morgan fingerprint density at radius 2 is 1.85 bits per heavy atom. The lowest BCUT2D eigenvalue weighted by Crippen LogP contribution is -2.48.